The van der Waals surface area contributed by atoms with Gasteiger partial charge in [-0.1, -0.05) is 30.3 Å². The van der Waals surface area contributed by atoms with Crippen molar-refractivity contribution in [1.29, 1.82) is 0 Å². The first-order valence-electron chi connectivity index (χ1n) is 6.45. The first-order valence-corrected chi connectivity index (χ1v) is 6.45. The third-order valence-electron chi connectivity index (χ3n) is 3.38. The van der Waals surface area contributed by atoms with Gasteiger partial charge in [0.25, 0.3) is 0 Å². The Labute approximate surface area is 117 Å². The van der Waals surface area contributed by atoms with Crippen LogP contribution in [0.2, 0.25) is 0 Å². The van der Waals surface area contributed by atoms with Gasteiger partial charge >= 0.3 is 0 Å². The van der Waals surface area contributed by atoms with Crippen LogP contribution in [0.3, 0.4) is 0 Å². The Morgan fingerprint density at radius 1 is 1.05 bits per heavy atom. The molecule has 0 fully saturated rings. The molecule has 100 valence electrons. The lowest BCUT2D eigenvalue weighted by atomic mass is 9.97. The molecule has 3 rings (SSSR count). The van der Waals surface area contributed by atoms with Gasteiger partial charge in [-0.25, -0.2) is 0 Å². The van der Waals surface area contributed by atoms with Crippen LogP contribution in [0, 0.1) is 0 Å². The minimum Gasteiger partial charge on any atom is -0.497 e. The number of fused-ring (bicyclic) bond motifs is 1. The molecule has 0 radical (unpaired) electrons. The van der Waals surface area contributed by atoms with Crippen LogP contribution in [0.4, 0.5) is 0 Å². The monoisotopic (exact) mass is 265 g/mol. The highest BCUT2D eigenvalue weighted by Crippen LogP contribution is 2.29. The van der Waals surface area contributed by atoms with Crippen LogP contribution in [0.25, 0.3) is 10.9 Å². The highest BCUT2D eigenvalue weighted by Gasteiger charge is 2.14. The lowest BCUT2D eigenvalue weighted by Gasteiger charge is -2.14. The van der Waals surface area contributed by atoms with Crippen molar-refractivity contribution in [3.05, 3.63) is 71.9 Å². The van der Waals surface area contributed by atoms with E-state index in [1.165, 1.54) is 0 Å². The fourth-order valence-corrected chi connectivity index (χ4v) is 2.36. The van der Waals surface area contributed by atoms with Gasteiger partial charge in [0, 0.05) is 11.6 Å². The Balaban J connectivity index is 2.10. The maximum absolute atomic E-state index is 10.6. The number of nitrogens with zero attached hydrogens (tertiary/aromatic N) is 1. The van der Waals surface area contributed by atoms with Gasteiger partial charge in [0.2, 0.25) is 0 Å². The van der Waals surface area contributed by atoms with Crippen LogP contribution in [0.1, 0.15) is 17.2 Å². The fraction of sp³-hybridized carbons (Fsp3) is 0.118. The Kier molecular flexibility index (Phi) is 3.35. The molecular formula is C17H15NO2. The summed E-state index contributed by atoms with van der Waals surface area (Å²) in [7, 11) is 1.62. The van der Waals surface area contributed by atoms with Gasteiger partial charge in [-0.05, 0) is 35.4 Å². The molecule has 1 N–H and O–H groups in total. The van der Waals surface area contributed by atoms with Crippen molar-refractivity contribution < 1.29 is 9.84 Å². The molecule has 0 amide bonds. The zero-order valence-corrected chi connectivity index (χ0v) is 11.2. The summed E-state index contributed by atoms with van der Waals surface area (Å²) in [6.07, 6.45) is 1.06. The maximum Gasteiger partial charge on any atom is 0.119 e. The largest absolute Gasteiger partial charge is 0.497 e. The molecule has 0 aliphatic heterocycles. The van der Waals surface area contributed by atoms with E-state index >= 15 is 0 Å². The summed E-state index contributed by atoms with van der Waals surface area (Å²) >= 11 is 0. The van der Waals surface area contributed by atoms with Crippen LogP contribution < -0.4 is 4.74 Å². The number of hydrogen-bond acceptors (Lipinski definition) is 3. The molecule has 3 heteroatoms. The first-order chi connectivity index (χ1) is 9.79. The molecule has 1 atom stereocenters. The second-order valence-corrected chi connectivity index (χ2v) is 4.60. The first kappa shape index (κ1) is 12.6. The summed E-state index contributed by atoms with van der Waals surface area (Å²) in [5, 5.41) is 11.6. The van der Waals surface area contributed by atoms with Crippen molar-refractivity contribution in [3.63, 3.8) is 0 Å². The molecule has 0 aliphatic carbocycles. The molecule has 0 spiro atoms. The minimum absolute atomic E-state index is 0.696. The molecule has 0 saturated heterocycles. The predicted octanol–water partition coefficient (Wildman–Crippen LogP) is 3.33. The van der Waals surface area contributed by atoms with Gasteiger partial charge < -0.3 is 9.84 Å². The van der Waals surface area contributed by atoms with E-state index in [4.69, 9.17) is 4.74 Å². The second-order valence-electron chi connectivity index (χ2n) is 4.60. The van der Waals surface area contributed by atoms with Crippen LogP contribution in [0.5, 0.6) is 5.75 Å². The summed E-state index contributed by atoms with van der Waals surface area (Å²) in [5.74, 6) is 0.736. The Morgan fingerprint density at radius 2 is 1.90 bits per heavy atom. The molecule has 0 saturated carbocycles. The number of aromatic nitrogens is 1. The highest BCUT2D eigenvalue weighted by molar-refractivity contribution is 5.82. The topological polar surface area (TPSA) is 42.4 Å². The SMILES string of the molecule is COc1cccc(C(O)c2cccc3ncccc23)c1. The molecule has 20 heavy (non-hydrogen) atoms. The van der Waals surface area contributed by atoms with Crippen molar-refractivity contribution in [2.24, 2.45) is 0 Å². The molecular weight excluding hydrogens is 250 g/mol. The lowest BCUT2D eigenvalue weighted by molar-refractivity contribution is 0.221. The molecule has 1 heterocycles. The second kappa shape index (κ2) is 5.31. The Hall–Kier alpha value is -2.39. The average molecular weight is 265 g/mol. The number of aliphatic hydroxyl groups excluding tert-OH is 1. The van der Waals surface area contributed by atoms with Gasteiger partial charge in [0.05, 0.1) is 12.6 Å². The van der Waals surface area contributed by atoms with E-state index in [0.717, 1.165) is 27.8 Å². The van der Waals surface area contributed by atoms with E-state index in [1.54, 1.807) is 13.3 Å². The number of rotatable bonds is 3. The van der Waals surface area contributed by atoms with Gasteiger partial charge in [-0.3, -0.25) is 4.98 Å². The predicted molar refractivity (Wildman–Crippen MR) is 78.8 cm³/mol. The third-order valence-corrected chi connectivity index (χ3v) is 3.38. The zero-order valence-electron chi connectivity index (χ0n) is 11.2. The molecule has 1 unspecified atom stereocenters. The van der Waals surface area contributed by atoms with Crippen molar-refractivity contribution >= 4 is 10.9 Å². The van der Waals surface area contributed by atoms with Crippen molar-refractivity contribution in [3.8, 4) is 5.75 Å². The van der Waals surface area contributed by atoms with Crippen molar-refractivity contribution in [2.75, 3.05) is 7.11 Å². The molecule has 2 aromatic carbocycles. The van der Waals surface area contributed by atoms with Crippen molar-refractivity contribution in [1.82, 2.24) is 4.98 Å². The van der Waals surface area contributed by atoms with E-state index in [0.29, 0.717) is 0 Å². The molecule has 0 bridgehead atoms. The zero-order chi connectivity index (χ0) is 13.9. The molecule has 1 aromatic heterocycles. The van der Waals surface area contributed by atoms with E-state index in [2.05, 4.69) is 4.98 Å². The average Bonchev–Trinajstić information content (AvgIpc) is 2.53. The van der Waals surface area contributed by atoms with Crippen LogP contribution in [-0.4, -0.2) is 17.2 Å². The maximum atomic E-state index is 10.6. The quantitative estimate of drug-likeness (QED) is 0.790. The summed E-state index contributed by atoms with van der Waals surface area (Å²) in [6.45, 7) is 0. The van der Waals surface area contributed by atoms with Crippen LogP contribution in [-0.2, 0) is 0 Å². The van der Waals surface area contributed by atoms with Crippen molar-refractivity contribution in [2.45, 2.75) is 6.10 Å². The normalized spacial score (nSPS) is 12.3. The van der Waals surface area contributed by atoms with E-state index < -0.39 is 6.10 Å². The van der Waals surface area contributed by atoms with Crippen LogP contribution >= 0.6 is 0 Å². The molecule has 0 aliphatic rings. The Bertz CT molecular complexity index is 734. The van der Waals surface area contributed by atoms with E-state index in [-0.39, 0.29) is 0 Å². The minimum atomic E-state index is -0.696. The lowest BCUT2D eigenvalue weighted by Crippen LogP contribution is -2.01. The van der Waals surface area contributed by atoms with E-state index in [1.807, 2.05) is 54.6 Å². The third kappa shape index (κ3) is 2.24. The van der Waals surface area contributed by atoms with E-state index in [9.17, 15) is 5.11 Å². The molecule has 3 aromatic rings. The molecule has 3 nitrogen and oxygen atoms in total. The van der Waals surface area contributed by atoms with Gasteiger partial charge in [-0.2, -0.15) is 0 Å². The summed E-state index contributed by atoms with van der Waals surface area (Å²) < 4.78 is 5.20. The van der Waals surface area contributed by atoms with Crippen LogP contribution in [0.15, 0.2) is 60.8 Å². The summed E-state index contributed by atoms with van der Waals surface area (Å²) in [4.78, 5) is 4.32. The van der Waals surface area contributed by atoms with Gasteiger partial charge in [0.15, 0.2) is 0 Å². The number of benzene rings is 2. The summed E-state index contributed by atoms with van der Waals surface area (Å²) in [6, 6.07) is 17.1. The standard InChI is InChI=1S/C17H15NO2/c1-20-13-6-2-5-12(11-13)17(19)15-7-3-9-16-14(15)8-4-10-18-16/h2-11,17,19H,1H3. The smallest absolute Gasteiger partial charge is 0.119 e. The number of hydrogen-bond donors (Lipinski definition) is 1. The Morgan fingerprint density at radius 3 is 2.75 bits per heavy atom. The fourth-order valence-electron chi connectivity index (χ4n) is 2.36. The number of aliphatic hydroxyl groups is 1. The summed E-state index contributed by atoms with van der Waals surface area (Å²) in [5.41, 5.74) is 2.54. The number of ether oxygens (including phenoxy) is 1. The van der Waals surface area contributed by atoms with Gasteiger partial charge in [0.1, 0.15) is 11.9 Å². The number of methoxy groups -OCH3 is 1. The highest BCUT2D eigenvalue weighted by atomic mass is 16.5. The van der Waals surface area contributed by atoms with Gasteiger partial charge in [-0.15, -0.1) is 0 Å². The number of pyridine rings is 1.